The zero-order chi connectivity index (χ0) is 10.7. The molecule has 0 spiro atoms. The molecule has 2 rings (SSSR count). The molecule has 1 aromatic carbocycles. The van der Waals surface area contributed by atoms with Crippen molar-refractivity contribution in [3.8, 4) is 0 Å². The van der Waals surface area contributed by atoms with Crippen LogP contribution in [-0.4, -0.2) is 9.97 Å². The second kappa shape index (κ2) is 4.77. The summed E-state index contributed by atoms with van der Waals surface area (Å²) in [5.41, 5.74) is 1.26. The fourth-order valence-electron chi connectivity index (χ4n) is 1.14. The van der Waals surface area contributed by atoms with Gasteiger partial charge in [0.05, 0.1) is 12.4 Å². The molecule has 0 unspecified atom stereocenters. The van der Waals surface area contributed by atoms with Crippen LogP contribution in [0.25, 0.3) is 0 Å². The molecule has 2 aromatic rings. The zero-order valence-corrected chi connectivity index (χ0v) is 10.5. The van der Waals surface area contributed by atoms with Crippen LogP contribution >= 0.6 is 27.7 Å². The van der Waals surface area contributed by atoms with Crippen LogP contribution in [0.15, 0.2) is 51.2 Å². The monoisotopic (exact) mass is 280 g/mol. The van der Waals surface area contributed by atoms with E-state index < -0.39 is 0 Å². The summed E-state index contributed by atoms with van der Waals surface area (Å²) in [4.78, 5) is 9.62. The van der Waals surface area contributed by atoms with Gasteiger partial charge >= 0.3 is 0 Å². The van der Waals surface area contributed by atoms with Crippen molar-refractivity contribution in [2.75, 3.05) is 0 Å². The molecule has 0 N–H and O–H groups in total. The van der Waals surface area contributed by atoms with Gasteiger partial charge in [-0.1, -0.05) is 30.0 Å². The lowest BCUT2D eigenvalue weighted by Crippen LogP contribution is -1.84. The van der Waals surface area contributed by atoms with E-state index in [2.05, 4.69) is 45.0 Å². The molecule has 15 heavy (non-hydrogen) atoms. The van der Waals surface area contributed by atoms with E-state index in [0.717, 1.165) is 9.63 Å². The van der Waals surface area contributed by atoms with E-state index in [4.69, 9.17) is 0 Å². The normalized spacial score (nSPS) is 10.3. The lowest BCUT2D eigenvalue weighted by atomic mass is 10.2. The van der Waals surface area contributed by atoms with Crippen LogP contribution in [0, 0.1) is 6.92 Å². The standard InChI is InChI=1S/C11H9BrN2S/c1-8-4-2-3-5-9(8)15-11-7-13-10(12)6-14-11/h2-7H,1H3. The van der Waals surface area contributed by atoms with Crippen LogP contribution in [0.2, 0.25) is 0 Å². The highest BCUT2D eigenvalue weighted by atomic mass is 79.9. The van der Waals surface area contributed by atoms with Crippen molar-refractivity contribution in [3.05, 3.63) is 46.8 Å². The summed E-state index contributed by atoms with van der Waals surface area (Å²) in [6.45, 7) is 2.09. The predicted molar refractivity (Wildman–Crippen MR) is 65.0 cm³/mol. The Morgan fingerprint density at radius 1 is 1.13 bits per heavy atom. The van der Waals surface area contributed by atoms with Crippen molar-refractivity contribution in [1.82, 2.24) is 9.97 Å². The molecule has 0 aliphatic carbocycles. The van der Waals surface area contributed by atoms with Crippen molar-refractivity contribution in [2.24, 2.45) is 0 Å². The lowest BCUT2D eigenvalue weighted by molar-refractivity contribution is 1.03. The first kappa shape index (κ1) is 10.6. The van der Waals surface area contributed by atoms with Gasteiger partial charge in [-0.05, 0) is 34.5 Å². The first-order valence-corrected chi connectivity index (χ1v) is 6.08. The first-order valence-electron chi connectivity index (χ1n) is 4.47. The maximum absolute atomic E-state index is 4.27. The molecule has 0 fully saturated rings. The molecule has 0 radical (unpaired) electrons. The Labute approximate surface area is 101 Å². The topological polar surface area (TPSA) is 25.8 Å². The fourth-order valence-corrected chi connectivity index (χ4v) is 2.15. The van der Waals surface area contributed by atoms with Gasteiger partial charge in [0, 0.05) is 4.90 Å². The van der Waals surface area contributed by atoms with Crippen LogP contribution in [0.4, 0.5) is 0 Å². The van der Waals surface area contributed by atoms with Crippen molar-refractivity contribution in [3.63, 3.8) is 0 Å². The van der Waals surface area contributed by atoms with Gasteiger partial charge in [0.25, 0.3) is 0 Å². The van der Waals surface area contributed by atoms with Crippen molar-refractivity contribution in [1.29, 1.82) is 0 Å². The van der Waals surface area contributed by atoms with Crippen LogP contribution in [0.5, 0.6) is 0 Å². The molecule has 4 heteroatoms. The molecule has 0 amide bonds. The summed E-state index contributed by atoms with van der Waals surface area (Å²) >= 11 is 4.89. The Bertz CT molecular complexity index is 456. The lowest BCUT2D eigenvalue weighted by Gasteiger charge is -2.03. The van der Waals surface area contributed by atoms with Crippen molar-refractivity contribution in [2.45, 2.75) is 16.8 Å². The Morgan fingerprint density at radius 3 is 2.60 bits per heavy atom. The molecule has 0 atom stereocenters. The van der Waals surface area contributed by atoms with E-state index in [-0.39, 0.29) is 0 Å². The number of halogens is 1. The van der Waals surface area contributed by atoms with E-state index in [1.165, 1.54) is 10.5 Å². The average molecular weight is 281 g/mol. The molecule has 1 aromatic heterocycles. The fraction of sp³-hybridized carbons (Fsp3) is 0.0909. The Morgan fingerprint density at radius 2 is 1.93 bits per heavy atom. The third-order valence-corrected chi connectivity index (χ3v) is 3.41. The Balaban J connectivity index is 2.22. The van der Waals surface area contributed by atoms with Gasteiger partial charge in [-0.3, -0.25) is 0 Å². The number of benzene rings is 1. The zero-order valence-electron chi connectivity index (χ0n) is 8.14. The van der Waals surface area contributed by atoms with Gasteiger partial charge in [-0.15, -0.1) is 0 Å². The minimum absolute atomic E-state index is 0.761. The van der Waals surface area contributed by atoms with Crippen LogP contribution < -0.4 is 0 Å². The third kappa shape index (κ3) is 2.79. The minimum Gasteiger partial charge on any atom is -0.245 e. The highest BCUT2D eigenvalue weighted by molar-refractivity contribution is 9.10. The van der Waals surface area contributed by atoms with Gasteiger partial charge in [0.15, 0.2) is 0 Å². The number of aryl methyl sites for hydroxylation is 1. The van der Waals surface area contributed by atoms with E-state index >= 15 is 0 Å². The second-order valence-electron chi connectivity index (χ2n) is 3.04. The summed E-state index contributed by atoms with van der Waals surface area (Å²) in [6, 6.07) is 8.24. The molecule has 2 nitrogen and oxygen atoms in total. The number of nitrogens with zero attached hydrogens (tertiary/aromatic N) is 2. The molecule has 0 aliphatic heterocycles. The maximum Gasteiger partial charge on any atom is 0.124 e. The second-order valence-corrected chi connectivity index (χ2v) is 4.92. The summed E-state index contributed by atoms with van der Waals surface area (Å²) < 4.78 is 0.761. The van der Waals surface area contributed by atoms with Crippen LogP contribution in [0.1, 0.15) is 5.56 Å². The van der Waals surface area contributed by atoms with Crippen molar-refractivity contribution >= 4 is 27.7 Å². The molecular formula is C11H9BrN2S. The van der Waals surface area contributed by atoms with Gasteiger partial charge in [0.1, 0.15) is 9.63 Å². The first-order chi connectivity index (χ1) is 7.25. The third-order valence-electron chi connectivity index (χ3n) is 1.90. The van der Waals surface area contributed by atoms with Gasteiger partial charge in [0.2, 0.25) is 0 Å². The highest BCUT2D eigenvalue weighted by Crippen LogP contribution is 2.28. The van der Waals surface area contributed by atoms with Gasteiger partial charge < -0.3 is 0 Å². The van der Waals surface area contributed by atoms with Gasteiger partial charge in [-0.2, -0.15) is 0 Å². The SMILES string of the molecule is Cc1ccccc1Sc1cnc(Br)cn1. The molecule has 0 saturated heterocycles. The van der Waals surface area contributed by atoms with E-state index in [1.54, 1.807) is 24.2 Å². The van der Waals surface area contributed by atoms with E-state index in [0.29, 0.717) is 0 Å². The summed E-state index contributed by atoms with van der Waals surface area (Å²) in [5.74, 6) is 0. The number of hydrogen-bond acceptors (Lipinski definition) is 3. The smallest absolute Gasteiger partial charge is 0.124 e. The number of rotatable bonds is 2. The number of hydrogen-bond donors (Lipinski definition) is 0. The Hall–Kier alpha value is -0.870. The summed E-state index contributed by atoms with van der Waals surface area (Å²) in [5, 5.41) is 0.910. The average Bonchev–Trinajstić information content (AvgIpc) is 2.25. The van der Waals surface area contributed by atoms with Crippen LogP contribution in [-0.2, 0) is 0 Å². The molecular weight excluding hydrogens is 272 g/mol. The molecule has 0 bridgehead atoms. The Kier molecular flexibility index (Phi) is 3.38. The largest absolute Gasteiger partial charge is 0.245 e. The minimum atomic E-state index is 0.761. The quantitative estimate of drug-likeness (QED) is 0.839. The van der Waals surface area contributed by atoms with E-state index in [1.807, 2.05) is 12.1 Å². The number of aromatic nitrogens is 2. The maximum atomic E-state index is 4.27. The highest BCUT2D eigenvalue weighted by Gasteiger charge is 2.01. The van der Waals surface area contributed by atoms with E-state index in [9.17, 15) is 0 Å². The van der Waals surface area contributed by atoms with Crippen molar-refractivity contribution < 1.29 is 0 Å². The molecule has 1 heterocycles. The molecule has 76 valence electrons. The molecule has 0 saturated carbocycles. The van der Waals surface area contributed by atoms with Gasteiger partial charge in [-0.25, -0.2) is 9.97 Å². The van der Waals surface area contributed by atoms with Crippen LogP contribution in [0.3, 0.4) is 0 Å². The predicted octanol–water partition coefficient (Wildman–Crippen LogP) is 3.70. The summed E-state index contributed by atoms with van der Waals surface area (Å²) in [7, 11) is 0. The summed E-state index contributed by atoms with van der Waals surface area (Å²) in [6.07, 6.45) is 3.47. The molecule has 0 aliphatic rings.